The van der Waals surface area contributed by atoms with Crippen molar-refractivity contribution in [2.24, 2.45) is 0 Å². The van der Waals surface area contributed by atoms with Gasteiger partial charge in [0.25, 0.3) is 0 Å². The summed E-state index contributed by atoms with van der Waals surface area (Å²) in [7, 11) is 0. The van der Waals surface area contributed by atoms with E-state index >= 15 is 0 Å². The number of hydrogen-bond acceptors (Lipinski definition) is 3. The quantitative estimate of drug-likeness (QED) is 0.741. The second-order valence-electron chi connectivity index (χ2n) is 7.12. The van der Waals surface area contributed by atoms with Crippen molar-refractivity contribution >= 4 is 5.78 Å². The maximum absolute atomic E-state index is 11.0. The van der Waals surface area contributed by atoms with Gasteiger partial charge in [-0.05, 0) is 44.7 Å². The SMILES string of the molecule is CC(=O)CCCCCC12OC(C)(C)OC1Cc1ccccc12. The van der Waals surface area contributed by atoms with Crippen molar-refractivity contribution in [3.63, 3.8) is 0 Å². The second kappa shape index (κ2) is 5.78. The van der Waals surface area contributed by atoms with Crippen LogP contribution in [0.4, 0.5) is 0 Å². The van der Waals surface area contributed by atoms with Gasteiger partial charge in [-0.25, -0.2) is 0 Å². The monoisotopic (exact) mass is 302 g/mol. The fourth-order valence-electron chi connectivity index (χ4n) is 4.00. The van der Waals surface area contributed by atoms with Crippen LogP contribution in [0.15, 0.2) is 24.3 Å². The van der Waals surface area contributed by atoms with Crippen molar-refractivity contribution in [3.8, 4) is 0 Å². The maximum Gasteiger partial charge on any atom is 0.164 e. The molecule has 0 amide bonds. The molecule has 0 radical (unpaired) electrons. The molecule has 3 heteroatoms. The third kappa shape index (κ3) is 2.84. The molecule has 0 aromatic heterocycles. The van der Waals surface area contributed by atoms with Crippen LogP contribution in [-0.4, -0.2) is 17.7 Å². The number of ketones is 1. The van der Waals surface area contributed by atoms with Gasteiger partial charge in [0.15, 0.2) is 5.79 Å². The van der Waals surface area contributed by atoms with Gasteiger partial charge in [0.05, 0.1) is 6.10 Å². The van der Waals surface area contributed by atoms with Crippen LogP contribution in [0.3, 0.4) is 0 Å². The smallest absolute Gasteiger partial charge is 0.164 e. The molecule has 1 aliphatic heterocycles. The first-order chi connectivity index (χ1) is 10.4. The van der Waals surface area contributed by atoms with E-state index in [4.69, 9.17) is 9.47 Å². The van der Waals surface area contributed by atoms with Crippen molar-refractivity contribution < 1.29 is 14.3 Å². The van der Waals surface area contributed by atoms with Gasteiger partial charge in [0.2, 0.25) is 0 Å². The summed E-state index contributed by atoms with van der Waals surface area (Å²) in [6, 6.07) is 8.56. The molecule has 2 aliphatic rings. The largest absolute Gasteiger partial charge is 0.344 e. The van der Waals surface area contributed by atoms with Crippen LogP contribution < -0.4 is 0 Å². The molecule has 0 N–H and O–H groups in total. The van der Waals surface area contributed by atoms with E-state index < -0.39 is 5.79 Å². The van der Waals surface area contributed by atoms with Gasteiger partial charge >= 0.3 is 0 Å². The summed E-state index contributed by atoms with van der Waals surface area (Å²) in [5.74, 6) is -0.235. The second-order valence-corrected chi connectivity index (χ2v) is 7.12. The van der Waals surface area contributed by atoms with Crippen LogP contribution in [0.2, 0.25) is 0 Å². The number of Topliss-reactive ketones (excluding diaryl/α,β-unsaturated/α-hetero) is 1. The number of benzene rings is 1. The molecule has 0 spiro atoms. The van der Waals surface area contributed by atoms with Crippen molar-refractivity contribution in [2.75, 3.05) is 0 Å². The van der Waals surface area contributed by atoms with Gasteiger partial charge in [-0.2, -0.15) is 0 Å². The predicted molar refractivity (Wildman–Crippen MR) is 85.6 cm³/mol. The highest BCUT2D eigenvalue weighted by atomic mass is 16.8. The minimum absolute atomic E-state index is 0.118. The molecule has 1 heterocycles. The number of rotatable bonds is 6. The number of carbonyl (C=O) groups excluding carboxylic acids is 1. The summed E-state index contributed by atoms with van der Waals surface area (Å²) in [6.07, 6.45) is 5.83. The molecule has 1 aliphatic carbocycles. The Balaban J connectivity index is 1.73. The molecule has 120 valence electrons. The summed E-state index contributed by atoms with van der Waals surface area (Å²) in [6.45, 7) is 5.68. The highest BCUT2D eigenvalue weighted by Crippen LogP contribution is 2.53. The molecule has 22 heavy (non-hydrogen) atoms. The average molecular weight is 302 g/mol. The zero-order valence-electron chi connectivity index (χ0n) is 13.9. The van der Waals surface area contributed by atoms with Crippen LogP contribution in [0, 0.1) is 0 Å². The Bertz CT molecular complexity index is 564. The summed E-state index contributed by atoms with van der Waals surface area (Å²) < 4.78 is 12.6. The summed E-state index contributed by atoms with van der Waals surface area (Å²) in [5, 5.41) is 0. The van der Waals surface area contributed by atoms with Crippen molar-refractivity contribution in [1.29, 1.82) is 0 Å². The van der Waals surface area contributed by atoms with E-state index in [9.17, 15) is 4.79 Å². The van der Waals surface area contributed by atoms with Crippen LogP contribution in [-0.2, 0) is 26.3 Å². The first-order valence-corrected chi connectivity index (χ1v) is 8.39. The zero-order valence-corrected chi connectivity index (χ0v) is 13.9. The molecule has 0 bridgehead atoms. The predicted octanol–water partition coefficient (Wildman–Crippen LogP) is 4.13. The van der Waals surface area contributed by atoms with Crippen LogP contribution in [0.1, 0.15) is 64.0 Å². The highest BCUT2D eigenvalue weighted by Gasteiger charge is 2.57. The molecule has 0 saturated carbocycles. The van der Waals surface area contributed by atoms with Crippen molar-refractivity contribution in [2.45, 2.75) is 76.8 Å². The van der Waals surface area contributed by atoms with Crippen LogP contribution >= 0.6 is 0 Å². The number of carbonyl (C=O) groups is 1. The molecule has 1 aromatic rings. The maximum atomic E-state index is 11.0. The standard InChI is InChI=1S/C19H26O3/c1-14(20)9-5-4-8-12-19-16-11-7-6-10-15(16)13-17(19)21-18(2,3)22-19/h6-7,10-11,17H,4-5,8-9,12-13H2,1-3H3. The summed E-state index contributed by atoms with van der Waals surface area (Å²) in [5.41, 5.74) is 2.36. The fourth-order valence-corrected chi connectivity index (χ4v) is 4.00. The number of ether oxygens (including phenoxy) is 2. The number of fused-ring (bicyclic) bond motifs is 3. The Labute approximate surface area is 133 Å². The summed E-state index contributed by atoms with van der Waals surface area (Å²) >= 11 is 0. The fraction of sp³-hybridized carbons (Fsp3) is 0.632. The number of unbranched alkanes of at least 4 members (excludes halogenated alkanes) is 2. The first-order valence-electron chi connectivity index (χ1n) is 8.39. The first kappa shape index (κ1) is 15.7. The van der Waals surface area contributed by atoms with Crippen molar-refractivity contribution in [3.05, 3.63) is 35.4 Å². The van der Waals surface area contributed by atoms with E-state index in [-0.39, 0.29) is 17.5 Å². The third-order valence-corrected chi connectivity index (χ3v) is 4.83. The van der Waals surface area contributed by atoms with Gasteiger partial charge in [-0.15, -0.1) is 0 Å². The van der Waals surface area contributed by atoms with Gasteiger partial charge in [0.1, 0.15) is 11.4 Å². The minimum atomic E-state index is -0.516. The van der Waals surface area contributed by atoms with Gasteiger partial charge in [-0.1, -0.05) is 37.1 Å². The third-order valence-electron chi connectivity index (χ3n) is 4.83. The lowest BCUT2D eigenvalue weighted by molar-refractivity contribution is -0.168. The molecule has 2 unspecified atom stereocenters. The normalized spacial score (nSPS) is 28.4. The van der Waals surface area contributed by atoms with E-state index in [0.717, 1.165) is 32.1 Å². The Morgan fingerprint density at radius 3 is 2.77 bits per heavy atom. The topological polar surface area (TPSA) is 35.5 Å². The Kier molecular flexibility index (Phi) is 4.13. The Morgan fingerprint density at radius 1 is 1.23 bits per heavy atom. The Morgan fingerprint density at radius 2 is 2.00 bits per heavy atom. The molecule has 1 fully saturated rings. The van der Waals surface area contributed by atoms with Crippen LogP contribution in [0.25, 0.3) is 0 Å². The lowest BCUT2D eigenvalue weighted by atomic mass is 9.88. The lowest BCUT2D eigenvalue weighted by Gasteiger charge is -2.30. The van der Waals surface area contributed by atoms with Crippen LogP contribution in [0.5, 0.6) is 0 Å². The lowest BCUT2D eigenvalue weighted by Crippen LogP contribution is -2.34. The molecular weight excluding hydrogens is 276 g/mol. The molecule has 3 rings (SSSR count). The van der Waals surface area contributed by atoms with E-state index in [0.29, 0.717) is 6.42 Å². The van der Waals surface area contributed by atoms with E-state index in [2.05, 4.69) is 24.3 Å². The summed E-state index contributed by atoms with van der Waals surface area (Å²) in [4.78, 5) is 11.0. The van der Waals surface area contributed by atoms with Gasteiger partial charge in [-0.3, -0.25) is 0 Å². The van der Waals surface area contributed by atoms with E-state index in [1.165, 1.54) is 11.1 Å². The van der Waals surface area contributed by atoms with E-state index in [1.807, 2.05) is 13.8 Å². The van der Waals surface area contributed by atoms with E-state index in [1.54, 1.807) is 6.92 Å². The Hall–Kier alpha value is -1.19. The molecule has 1 saturated heterocycles. The van der Waals surface area contributed by atoms with Crippen molar-refractivity contribution in [1.82, 2.24) is 0 Å². The molecular formula is C19H26O3. The zero-order chi connectivity index (χ0) is 15.8. The van der Waals surface area contributed by atoms with Gasteiger partial charge < -0.3 is 14.3 Å². The highest BCUT2D eigenvalue weighted by molar-refractivity contribution is 5.75. The molecule has 2 atom stereocenters. The average Bonchev–Trinajstić information content (AvgIpc) is 2.85. The van der Waals surface area contributed by atoms with Gasteiger partial charge in [0, 0.05) is 12.8 Å². The number of hydrogen-bond donors (Lipinski definition) is 0. The molecule has 1 aromatic carbocycles. The minimum Gasteiger partial charge on any atom is -0.344 e. The molecule has 3 nitrogen and oxygen atoms in total.